The molecule has 28 heavy (non-hydrogen) atoms. The maximum atomic E-state index is 12.7. The summed E-state index contributed by atoms with van der Waals surface area (Å²) in [6.45, 7) is -0.389. The monoisotopic (exact) mass is 436 g/mol. The van der Waals surface area contributed by atoms with Crippen molar-refractivity contribution in [2.24, 2.45) is 0 Å². The third-order valence-electron chi connectivity index (χ3n) is 3.40. The van der Waals surface area contributed by atoms with Crippen LogP contribution in [0, 0.1) is 0 Å². The quantitative estimate of drug-likeness (QED) is 0.623. The van der Waals surface area contributed by atoms with E-state index < -0.39 is 39.1 Å². The summed E-state index contributed by atoms with van der Waals surface area (Å²) in [6, 6.07) is 9.81. The molecule has 2 aromatic rings. The van der Waals surface area contributed by atoms with Gasteiger partial charge in [-0.15, -0.1) is 0 Å². The van der Waals surface area contributed by atoms with Gasteiger partial charge in [0.05, 0.1) is 23.5 Å². The first-order chi connectivity index (χ1) is 13.1. The topological polar surface area (TPSA) is 84.5 Å². The summed E-state index contributed by atoms with van der Waals surface area (Å²) in [5, 5.41) is 2.98. The number of alkyl halides is 3. The molecule has 0 spiro atoms. The van der Waals surface area contributed by atoms with Gasteiger partial charge in [0.2, 0.25) is 15.9 Å². The molecule has 152 valence electrons. The third-order valence-corrected chi connectivity index (χ3v) is 5.05. The summed E-state index contributed by atoms with van der Waals surface area (Å²) in [5.41, 5.74) is -1.10. The lowest BCUT2D eigenvalue weighted by Crippen LogP contribution is -2.38. The minimum atomic E-state index is -4.67. The van der Waals surface area contributed by atoms with Gasteiger partial charge in [-0.25, -0.2) is 13.1 Å². The number of carbonyl (C=O) groups excluding carboxylic acids is 1. The van der Waals surface area contributed by atoms with Gasteiger partial charge in [-0.2, -0.15) is 13.2 Å². The van der Waals surface area contributed by atoms with Crippen LogP contribution in [0.25, 0.3) is 0 Å². The van der Waals surface area contributed by atoms with Crippen molar-refractivity contribution in [1.82, 2.24) is 10.0 Å². The van der Waals surface area contributed by atoms with Crippen molar-refractivity contribution in [3.8, 4) is 5.75 Å². The van der Waals surface area contributed by atoms with Crippen molar-refractivity contribution in [1.29, 1.82) is 0 Å². The van der Waals surface area contributed by atoms with Crippen LogP contribution in [0.1, 0.15) is 5.56 Å². The van der Waals surface area contributed by atoms with Crippen LogP contribution in [0.4, 0.5) is 13.2 Å². The zero-order valence-corrected chi connectivity index (χ0v) is 15.9. The van der Waals surface area contributed by atoms with E-state index in [0.717, 1.165) is 18.2 Å². The van der Waals surface area contributed by atoms with Gasteiger partial charge < -0.3 is 10.1 Å². The Hall–Kier alpha value is -2.30. The SMILES string of the molecule is O=C(CNS(=O)(=O)c1cccc(C(F)(F)F)c1)NCCOc1ccc(Cl)cc1. The highest BCUT2D eigenvalue weighted by molar-refractivity contribution is 7.89. The average molecular weight is 437 g/mol. The summed E-state index contributed by atoms with van der Waals surface area (Å²) in [4.78, 5) is 11.1. The maximum Gasteiger partial charge on any atom is 0.416 e. The Kier molecular flexibility index (Phi) is 7.28. The van der Waals surface area contributed by atoms with Crippen LogP contribution >= 0.6 is 11.6 Å². The number of carbonyl (C=O) groups is 1. The fourth-order valence-electron chi connectivity index (χ4n) is 2.04. The number of ether oxygens (including phenoxy) is 1. The van der Waals surface area contributed by atoms with Gasteiger partial charge in [0.25, 0.3) is 0 Å². The van der Waals surface area contributed by atoms with E-state index in [1.54, 1.807) is 24.3 Å². The lowest BCUT2D eigenvalue weighted by Gasteiger charge is -2.11. The van der Waals surface area contributed by atoms with E-state index in [1.165, 1.54) is 0 Å². The highest BCUT2D eigenvalue weighted by Crippen LogP contribution is 2.30. The van der Waals surface area contributed by atoms with E-state index in [4.69, 9.17) is 16.3 Å². The van der Waals surface area contributed by atoms with E-state index in [-0.39, 0.29) is 13.2 Å². The van der Waals surface area contributed by atoms with Crippen LogP contribution in [0.2, 0.25) is 5.02 Å². The standard InChI is InChI=1S/C17H16ClF3N2O4S/c18-13-4-6-14(7-5-13)27-9-8-22-16(24)11-23-28(25,26)15-3-1-2-12(10-15)17(19,20)21/h1-7,10,23H,8-9,11H2,(H,22,24). The Balaban J connectivity index is 1.80. The molecule has 0 bridgehead atoms. The number of rotatable bonds is 8. The second-order valence-corrected chi connectivity index (χ2v) is 7.71. The molecule has 2 N–H and O–H groups in total. The molecule has 2 aromatic carbocycles. The smallest absolute Gasteiger partial charge is 0.416 e. The summed E-state index contributed by atoms with van der Waals surface area (Å²) in [5.74, 6) is -0.112. The largest absolute Gasteiger partial charge is 0.492 e. The van der Waals surface area contributed by atoms with Crippen molar-refractivity contribution in [3.63, 3.8) is 0 Å². The van der Waals surface area contributed by atoms with Gasteiger partial charge in [-0.1, -0.05) is 17.7 Å². The molecule has 0 aliphatic rings. The number of hydrogen-bond acceptors (Lipinski definition) is 4. The zero-order chi connectivity index (χ0) is 20.8. The Morgan fingerprint density at radius 2 is 1.79 bits per heavy atom. The molecule has 0 saturated carbocycles. The molecular formula is C17H16ClF3N2O4S. The number of amides is 1. The van der Waals surface area contributed by atoms with E-state index in [2.05, 4.69) is 5.32 Å². The van der Waals surface area contributed by atoms with E-state index in [1.807, 2.05) is 4.72 Å². The molecule has 6 nitrogen and oxygen atoms in total. The molecule has 0 radical (unpaired) electrons. The average Bonchev–Trinajstić information content (AvgIpc) is 2.64. The Morgan fingerprint density at radius 3 is 2.43 bits per heavy atom. The van der Waals surface area contributed by atoms with Crippen molar-refractivity contribution >= 4 is 27.5 Å². The van der Waals surface area contributed by atoms with Crippen LogP contribution in [0.15, 0.2) is 53.4 Å². The van der Waals surface area contributed by atoms with Gasteiger partial charge in [0.1, 0.15) is 12.4 Å². The van der Waals surface area contributed by atoms with Gasteiger partial charge in [0, 0.05) is 5.02 Å². The summed E-state index contributed by atoms with van der Waals surface area (Å²) in [7, 11) is -4.27. The zero-order valence-electron chi connectivity index (χ0n) is 14.3. The molecule has 0 atom stereocenters. The molecule has 0 heterocycles. The van der Waals surface area contributed by atoms with E-state index in [9.17, 15) is 26.4 Å². The van der Waals surface area contributed by atoms with E-state index >= 15 is 0 Å². The lowest BCUT2D eigenvalue weighted by atomic mass is 10.2. The van der Waals surface area contributed by atoms with E-state index in [0.29, 0.717) is 16.8 Å². The van der Waals surface area contributed by atoms with Crippen molar-refractivity contribution in [3.05, 3.63) is 59.1 Å². The molecule has 0 unspecified atom stereocenters. The molecule has 0 aliphatic carbocycles. The molecule has 0 fully saturated rings. The Labute approximate surface area is 164 Å². The predicted octanol–water partition coefficient (Wildman–Crippen LogP) is 2.83. The molecule has 0 saturated heterocycles. The third kappa shape index (κ3) is 6.70. The fraction of sp³-hybridized carbons (Fsp3) is 0.235. The second kappa shape index (κ2) is 9.26. The number of sulfonamides is 1. The first-order valence-corrected chi connectivity index (χ1v) is 9.76. The minimum absolute atomic E-state index is 0.104. The first kappa shape index (κ1) is 22.0. The molecule has 0 aromatic heterocycles. The van der Waals surface area contributed by atoms with Crippen LogP contribution < -0.4 is 14.8 Å². The Bertz CT molecular complexity index is 919. The summed E-state index contributed by atoms with van der Waals surface area (Å²) in [6.07, 6.45) is -4.67. The maximum absolute atomic E-state index is 12.7. The minimum Gasteiger partial charge on any atom is -0.492 e. The van der Waals surface area contributed by atoms with Gasteiger partial charge in [0.15, 0.2) is 0 Å². The van der Waals surface area contributed by atoms with Crippen LogP contribution in [0.3, 0.4) is 0 Å². The molecule has 2 rings (SSSR count). The fourth-order valence-corrected chi connectivity index (χ4v) is 3.19. The Morgan fingerprint density at radius 1 is 1.11 bits per heavy atom. The molecular weight excluding hydrogens is 421 g/mol. The van der Waals surface area contributed by atoms with Crippen LogP contribution in [-0.2, 0) is 21.0 Å². The number of halogens is 4. The summed E-state index contributed by atoms with van der Waals surface area (Å²) < 4.78 is 69.5. The van der Waals surface area contributed by atoms with Crippen molar-refractivity contribution in [2.45, 2.75) is 11.1 Å². The second-order valence-electron chi connectivity index (χ2n) is 5.50. The lowest BCUT2D eigenvalue weighted by molar-refractivity contribution is -0.137. The number of hydrogen-bond donors (Lipinski definition) is 2. The van der Waals surface area contributed by atoms with Crippen LogP contribution in [0.5, 0.6) is 5.75 Å². The van der Waals surface area contributed by atoms with Crippen molar-refractivity contribution in [2.75, 3.05) is 19.7 Å². The van der Waals surface area contributed by atoms with Crippen molar-refractivity contribution < 1.29 is 31.1 Å². The van der Waals surface area contributed by atoms with Gasteiger partial charge in [-0.05, 0) is 42.5 Å². The first-order valence-electron chi connectivity index (χ1n) is 7.90. The number of benzene rings is 2. The summed E-state index contributed by atoms with van der Waals surface area (Å²) >= 11 is 5.74. The predicted molar refractivity (Wildman–Crippen MR) is 96.6 cm³/mol. The molecule has 0 aliphatic heterocycles. The van der Waals surface area contributed by atoms with Gasteiger partial charge in [-0.3, -0.25) is 4.79 Å². The number of nitrogens with one attached hydrogen (secondary N) is 2. The normalized spacial score (nSPS) is 11.9. The molecule has 1 amide bonds. The van der Waals surface area contributed by atoms with Gasteiger partial charge >= 0.3 is 6.18 Å². The highest BCUT2D eigenvalue weighted by Gasteiger charge is 2.31. The molecule has 11 heteroatoms. The highest BCUT2D eigenvalue weighted by atomic mass is 35.5. The van der Waals surface area contributed by atoms with Crippen LogP contribution in [-0.4, -0.2) is 34.0 Å².